The van der Waals surface area contributed by atoms with Crippen molar-refractivity contribution in [3.8, 4) is 5.75 Å². The third-order valence-corrected chi connectivity index (χ3v) is 5.65. The van der Waals surface area contributed by atoms with Gasteiger partial charge in [0.15, 0.2) is 5.75 Å². The molecule has 1 N–H and O–H groups in total. The number of ether oxygens (including phenoxy) is 1. The number of anilines is 1. The molecular formula is C22H20ClFN4O2. The van der Waals surface area contributed by atoms with Gasteiger partial charge in [-0.2, -0.15) is 0 Å². The number of aryl methyl sites for hydroxylation is 2. The fourth-order valence-electron chi connectivity index (χ4n) is 3.63. The van der Waals surface area contributed by atoms with Crippen LogP contribution in [0.25, 0.3) is 0 Å². The van der Waals surface area contributed by atoms with E-state index in [-0.39, 0.29) is 18.4 Å². The molecule has 3 aromatic rings. The molecule has 0 bridgehead atoms. The molecule has 1 aliphatic carbocycles. The van der Waals surface area contributed by atoms with Gasteiger partial charge < -0.3 is 10.1 Å². The molecule has 8 heteroatoms. The smallest absolute Gasteiger partial charge is 0.229 e. The zero-order chi connectivity index (χ0) is 21.3. The largest absolute Gasteiger partial charge is 0.489 e. The number of benzene rings is 1. The Morgan fingerprint density at radius 3 is 2.73 bits per heavy atom. The van der Waals surface area contributed by atoms with Crippen molar-refractivity contribution in [1.82, 2.24) is 15.0 Å². The quantitative estimate of drug-likeness (QED) is 0.637. The zero-order valence-corrected chi connectivity index (χ0v) is 17.3. The number of halogens is 2. The van der Waals surface area contributed by atoms with E-state index in [1.807, 2.05) is 32.0 Å². The number of carbonyl (C=O) groups is 1. The van der Waals surface area contributed by atoms with Crippen molar-refractivity contribution in [2.24, 2.45) is 5.92 Å². The van der Waals surface area contributed by atoms with Gasteiger partial charge in [-0.05, 0) is 44.0 Å². The van der Waals surface area contributed by atoms with Gasteiger partial charge >= 0.3 is 0 Å². The van der Waals surface area contributed by atoms with Crippen molar-refractivity contribution < 1.29 is 13.9 Å². The van der Waals surface area contributed by atoms with Gasteiger partial charge in [-0.1, -0.05) is 29.8 Å². The number of rotatable bonds is 6. The van der Waals surface area contributed by atoms with Crippen LogP contribution in [0.5, 0.6) is 5.75 Å². The Bertz CT molecular complexity index is 1090. The van der Waals surface area contributed by atoms with Crippen LogP contribution in [0.15, 0.2) is 48.8 Å². The van der Waals surface area contributed by atoms with Crippen LogP contribution in [0.4, 0.5) is 10.2 Å². The minimum absolute atomic E-state index is 0.213. The normalized spacial score (nSPS) is 19.9. The SMILES string of the molecule is Cc1ncc(OCC2(c3ccccc3Cl)CC2C(=O)Nc2ccc(F)cn2)c(C)n1. The first-order chi connectivity index (χ1) is 14.4. The lowest BCUT2D eigenvalue weighted by Gasteiger charge is -2.20. The second-order valence-electron chi connectivity index (χ2n) is 7.40. The van der Waals surface area contributed by atoms with Crippen LogP contribution in [0.1, 0.15) is 23.5 Å². The van der Waals surface area contributed by atoms with Gasteiger partial charge in [-0.25, -0.2) is 19.3 Å². The fraction of sp³-hybridized carbons (Fsp3) is 0.273. The van der Waals surface area contributed by atoms with E-state index in [9.17, 15) is 9.18 Å². The van der Waals surface area contributed by atoms with E-state index in [1.54, 1.807) is 12.3 Å². The maximum atomic E-state index is 13.1. The van der Waals surface area contributed by atoms with Gasteiger partial charge in [0.05, 0.1) is 30.6 Å². The predicted molar refractivity (Wildman–Crippen MR) is 111 cm³/mol. The van der Waals surface area contributed by atoms with Gasteiger partial charge in [0.1, 0.15) is 17.5 Å². The van der Waals surface area contributed by atoms with E-state index < -0.39 is 11.2 Å². The van der Waals surface area contributed by atoms with Crippen molar-refractivity contribution in [2.75, 3.05) is 11.9 Å². The van der Waals surface area contributed by atoms with Crippen LogP contribution in [0.3, 0.4) is 0 Å². The molecule has 0 saturated heterocycles. The summed E-state index contributed by atoms with van der Waals surface area (Å²) in [6.07, 6.45) is 3.26. The first-order valence-corrected chi connectivity index (χ1v) is 9.87. The number of pyridine rings is 1. The first-order valence-electron chi connectivity index (χ1n) is 9.49. The predicted octanol–water partition coefficient (Wildman–Crippen LogP) is 4.26. The number of aromatic nitrogens is 3. The lowest BCUT2D eigenvalue weighted by atomic mass is 9.93. The lowest BCUT2D eigenvalue weighted by molar-refractivity contribution is -0.117. The van der Waals surface area contributed by atoms with Crippen molar-refractivity contribution in [3.63, 3.8) is 0 Å². The van der Waals surface area contributed by atoms with Crippen molar-refractivity contribution in [2.45, 2.75) is 25.7 Å². The molecule has 6 nitrogen and oxygen atoms in total. The minimum Gasteiger partial charge on any atom is -0.489 e. The molecule has 1 aliphatic rings. The van der Waals surface area contributed by atoms with Gasteiger partial charge in [0.25, 0.3) is 0 Å². The summed E-state index contributed by atoms with van der Waals surface area (Å²) in [7, 11) is 0. The molecule has 2 atom stereocenters. The van der Waals surface area contributed by atoms with Crippen LogP contribution in [-0.4, -0.2) is 27.5 Å². The summed E-state index contributed by atoms with van der Waals surface area (Å²) < 4.78 is 19.1. The summed E-state index contributed by atoms with van der Waals surface area (Å²) in [5, 5.41) is 3.33. The van der Waals surface area contributed by atoms with E-state index in [4.69, 9.17) is 16.3 Å². The molecule has 1 fully saturated rings. The van der Waals surface area contributed by atoms with E-state index in [0.717, 1.165) is 17.5 Å². The van der Waals surface area contributed by atoms with E-state index in [1.165, 1.54) is 12.1 Å². The topological polar surface area (TPSA) is 77.0 Å². The highest BCUT2D eigenvalue weighted by Gasteiger charge is 2.60. The maximum Gasteiger partial charge on any atom is 0.229 e. The van der Waals surface area contributed by atoms with Gasteiger partial charge in [-0.15, -0.1) is 0 Å². The second kappa shape index (κ2) is 7.99. The monoisotopic (exact) mass is 426 g/mol. The number of nitrogens with one attached hydrogen (secondary N) is 1. The summed E-state index contributed by atoms with van der Waals surface area (Å²) >= 11 is 6.46. The lowest BCUT2D eigenvalue weighted by Crippen LogP contribution is -2.27. The Balaban J connectivity index is 1.57. The van der Waals surface area contributed by atoms with Crippen LogP contribution in [0.2, 0.25) is 5.02 Å². The molecule has 0 aliphatic heterocycles. The molecule has 2 aromatic heterocycles. The summed E-state index contributed by atoms with van der Waals surface area (Å²) in [4.78, 5) is 25.3. The fourth-order valence-corrected chi connectivity index (χ4v) is 3.96. The van der Waals surface area contributed by atoms with Crippen molar-refractivity contribution >= 4 is 23.3 Å². The first kappa shape index (κ1) is 20.2. The number of nitrogens with zero attached hydrogens (tertiary/aromatic N) is 3. The van der Waals surface area contributed by atoms with Gasteiger partial charge in [0.2, 0.25) is 5.91 Å². The Hall–Kier alpha value is -3.06. The molecule has 0 spiro atoms. The van der Waals surface area contributed by atoms with Gasteiger partial charge in [0, 0.05) is 10.4 Å². The van der Waals surface area contributed by atoms with Crippen molar-refractivity contribution in [3.05, 3.63) is 76.7 Å². The Morgan fingerprint density at radius 2 is 2.03 bits per heavy atom. The molecule has 1 amide bonds. The third-order valence-electron chi connectivity index (χ3n) is 5.32. The summed E-state index contributed by atoms with van der Waals surface area (Å²) in [6, 6.07) is 10.1. The maximum absolute atomic E-state index is 13.1. The van der Waals surface area contributed by atoms with Crippen LogP contribution < -0.4 is 10.1 Å². The number of carbonyl (C=O) groups excluding carboxylic acids is 1. The average molecular weight is 427 g/mol. The number of hydrogen-bond acceptors (Lipinski definition) is 5. The van der Waals surface area contributed by atoms with E-state index in [2.05, 4.69) is 20.3 Å². The van der Waals surface area contributed by atoms with Crippen molar-refractivity contribution in [1.29, 1.82) is 0 Å². The summed E-state index contributed by atoms with van der Waals surface area (Å²) in [6.45, 7) is 3.91. The molecule has 2 heterocycles. The molecule has 1 saturated carbocycles. The van der Waals surface area contributed by atoms with Crippen LogP contribution in [0, 0.1) is 25.6 Å². The Kier molecular flexibility index (Phi) is 5.39. The number of hydrogen-bond donors (Lipinski definition) is 1. The highest BCUT2D eigenvalue weighted by atomic mass is 35.5. The summed E-state index contributed by atoms with van der Waals surface area (Å²) in [5.74, 6) is 0.485. The highest BCUT2D eigenvalue weighted by molar-refractivity contribution is 6.31. The molecule has 154 valence electrons. The van der Waals surface area contributed by atoms with Crippen LogP contribution >= 0.6 is 11.6 Å². The molecule has 4 rings (SSSR count). The molecule has 0 radical (unpaired) electrons. The second-order valence-corrected chi connectivity index (χ2v) is 7.81. The molecular weight excluding hydrogens is 407 g/mol. The molecule has 30 heavy (non-hydrogen) atoms. The zero-order valence-electron chi connectivity index (χ0n) is 16.5. The van der Waals surface area contributed by atoms with Gasteiger partial charge in [-0.3, -0.25) is 4.79 Å². The standard InChI is InChI=1S/C22H20ClFN4O2/c1-13-19(11-25-14(2)27-13)30-12-22(16-5-3-4-6-18(16)23)9-17(22)21(29)28-20-8-7-15(24)10-26-20/h3-8,10-11,17H,9,12H2,1-2H3,(H,26,28,29). The average Bonchev–Trinajstić information content (AvgIpc) is 3.45. The molecule has 2 unspecified atom stereocenters. The number of amides is 1. The summed E-state index contributed by atoms with van der Waals surface area (Å²) in [5.41, 5.74) is 0.998. The Morgan fingerprint density at radius 1 is 1.23 bits per heavy atom. The van der Waals surface area contributed by atoms with E-state index >= 15 is 0 Å². The van der Waals surface area contributed by atoms with Crippen LogP contribution in [-0.2, 0) is 10.2 Å². The molecule has 1 aromatic carbocycles. The van der Waals surface area contributed by atoms with E-state index in [0.29, 0.717) is 28.8 Å². The third kappa shape index (κ3) is 3.98. The highest BCUT2D eigenvalue weighted by Crippen LogP contribution is 2.56. The Labute approximate surface area is 178 Å². The minimum atomic E-state index is -0.584.